The minimum absolute atomic E-state index is 0. The lowest BCUT2D eigenvalue weighted by atomic mass is 9.45. The molecule has 0 aromatic carbocycles. The van der Waals surface area contributed by atoms with Crippen molar-refractivity contribution < 1.29 is 6.22 Å². The van der Waals surface area contributed by atoms with E-state index in [1.807, 2.05) is 6.92 Å². The first-order valence-electron chi connectivity index (χ1n) is 9.97. The summed E-state index contributed by atoms with van der Waals surface area (Å²) in [5, 5.41) is 0. The summed E-state index contributed by atoms with van der Waals surface area (Å²) in [5.41, 5.74) is 0.974. The fraction of sp³-hybridized carbons (Fsp3) is 0.952. The largest absolute Gasteiger partial charge is 0.300 e. The van der Waals surface area contributed by atoms with Crippen LogP contribution in [0.1, 0.15) is 86.4 Å². The number of hydrogen-bond donors (Lipinski definition) is 0. The van der Waals surface area contributed by atoms with E-state index in [-0.39, 0.29) is 1.43 Å². The monoisotopic (exact) mass is 304 g/mol. The van der Waals surface area contributed by atoms with E-state index in [0.717, 1.165) is 23.7 Å². The molecule has 4 aliphatic rings. The van der Waals surface area contributed by atoms with Gasteiger partial charge in [0.2, 0.25) is 0 Å². The van der Waals surface area contributed by atoms with Crippen LogP contribution in [0.3, 0.4) is 0 Å². The number of carbonyl (C=O) groups is 1. The fourth-order valence-electron chi connectivity index (χ4n) is 7.96. The Hall–Kier alpha value is -0.330. The molecule has 4 aliphatic carbocycles. The molecule has 7 atom stereocenters. The highest BCUT2D eigenvalue weighted by Crippen LogP contribution is 2.67. The van der Waals surface area contributed by atoms with Crippen molar-refractivity contribution in [2.75, 3.05) is 0 Å². The third-order valence-electron chi connectivity index (χ3n) is 9.07. The zero-order valence-corrected chi connectivity index (χ0v) is 14.9. The molecule has 0 heterocycles. The van der Waals surface area contributed by atoms with Crippen LogP contribution in [0.4, 0.5) is 0 Å². The molecule has 0 aliphatic heterocycles. The van der Waals surface area contributed by atoms with Crippen molar-refractivity contribution in [1.29, 1.82) is 0 Å². The van der Waals surface area contributed by atoms with Gasteiger partial charge in [0, 0.05) is 7.34 Å². The smallest absolute Gasteiger partial charge is 0.133 e. The van der Waals surface area contributed by atoms with Crippen LogP contribution in [0.5, 0.6) is 0 Å². The molecular weight excluding hydrogens is 268 g/mol. The molecule has 0 spiro atoms. The lowest BCUT2D eigenvalue weighted by molar-refractivity contribution is -0.133. The van der Waals surface area contributed by atoms with Gasteiger partial charge in [-0.05, 0) is 92.8 Å². The standard InChI is InChI=1S/C21H34O.H2/c1-14(22)17-9-10-18-16-8-7-15-6-4-5-12-20(15,2)19(16)11-13-21(17,18)3;/h15-19H,4-13H2,1-3H3;1H. The van der Waals surface area contributed by atoms with Crippen LogP contribution in [0.2, 0.25) is 0 Å². The summed E-state index contributed by atoms with van der Waals surface area (Å²) >= 11 is 0. The van der Waals surface area contributed by atoms with Gasteiger partial charge in [-0.3, -0.25) is 4.79 Å². The van der Waals surface area contributed by atoms with Crippen molar-refractivity contribution in [3.63, 3.8) is 0 Å². The summed E-state index contributed by atoms with van der Waals surface area (Å²) in [4.78, 5) is 12.2. The van der Waals surface area contributed by atoms with Gasteiger partial charge in [-0.15, -0.1) is 0 Å². The van der Waals surface area contributed by atoms with Crippen LogP contribution in [-0.2, 0) is 4.79 Å². The summed E-state index contributed by atoms with van der Waals surface area (Å²) in [5.74, 6) is 4.60. The molecule has 126 valence electrons. The predicted octanol–water partition coefficient (Wildman–Crippen LogP) is 5.87. The van der Waals surface area contributed by atoms with Crippen LogP contribution in [0, 0.1) is 40.4 Å². The summed E-state index contributed by atoms with van der Waals surface area (Å²) in [7, 11) is 0. The first kappa shape index (κ1) is 15.2. The molecule has 0 aromatic rings. The van der Waals surface area contributed by atoms with E-state index in [4.69, 9.17) is 0 Å². The van der Waals surface area contributed by atoms with E-state index >= 15 is 0 Å². The van der Waals surface area contributed by atoms with Crippen molar-refractivity contribution in [2.24, 2.45) is 40.4 Å². The second-order valence-electron chi connectivity index (χ2n) is 9.69. The molecule has 4 saturated carbocycles. The van der Waals surface area contributed by atoms with Crippen molar-refractivity contribution >= 4 is 5.78 Å². The lowest BCUT2D eigenvalue weighted by Gasteiger charge is -2.60. The number of hydrogen-bond acceptors (Lipinski definition) is 1. The number of Topliss-reactive ketones (excluding diaryl/α,β-unsaturated/α-hetero) is 1. The van der Waals surface area contributed by atoms with Gasteiger partial charge in [0.1, 0.15) is 5.78 Å². The van der Waals surface area contributed by atoms with Crippen molar-refractivity contribution in [1.82, 2.24) is 0 Å². The van der Waals surface area contributed by atoms with Crippen LogP contribution in [0.25, 0.3) is 0 Å². The molecule has 22 heavy (non-hydrogen) atoms. The summed E-state index contributed by atoms with van der Waals surface area (Å²) in [6, 6.07) is 0. The minimum atomic E-state index is 0. The Kier molecular flexibility index (Phi) is 3.51. The molecule has 4 fully saturated rings. The van der Waals surface area contributed by atoms with Gasteiger partial charge in [0.15, 0.2) is 0 Å². The summed E-state index contributed by atoms with van der Waals surface area (Å²) in [6.45, 7) is 6.97. The number of carbonyl (C=O) groups excluding carboxylic acids is 1. The van der Waals surface area contributed by atoms with E-state index in [1.54, 1.807) is 0 Å². The summed E-state index contributed by atoms with van der Waals surface area (Å²) in [6.07, 6.45) is 14.1. The zero-order valence-electron chi connectivity index (χ0n) is 14.9. The lowest BCUT2D eigenvalue weighted by Crippen LogP contribution is -2.53. The molecule has 0 N–H and O–H groups in total. The Morgan fingerprint density at radius 2 is 1.64 bits per heavy atom. The predicted molar refractivity (Wildman–Crippen MR) is 92.6 cm³/mol. The number of rotatable bonds is 1. The summed E-state index contributed by atoms with van der Waals surface area (Å²) < 4.78 is 0. The molecule has 0 bridgehead atoms. The molecule has 0 aromatic heterocycles. The molecule has 0 saturated heterocycles. The van der Waals surface area contributed by atoms with Gasteiger partial charge in [-0.1, -0.05) is 26.7 Å². The normalized spacial score (nSPS) is 54.2. The van der Waals surface area contributed by atoms with Gasteiger partial charge in [0.05, 0.1) is 0 Å². The topological polar surface area (TPSA) is 17.1 Å². The maximum atomic E-state index is 12.2. The third kappa shape index (κ3) is 1.93. The molecular formula is C21H36O. The van der Waals surface area contributed by atoms with Gasteiger partial charge >= 0.3 is 0 Å². The average Bonchev–Trinajstić information content (AvgIpc) is 2.84. The molecule has 0 amide bonds. The van der Waals surface area contributed by atoms with E-state index in [2.05, 4.69) is 13.8 Å². The highest BCUT2D eigenvalue weighted by atomic mass is 16.1. The Balaban J connectivity index is 0.00000156. The quantitative estimate of drug-likeness (QED) is 0.592. The van der Waals surface area contributed by atoms with Gasteiger partial charge in [0.25, 0.3) is 0 Å². The number of fused-ring (bicyclic) bond motifs is 5. The second kappa shape index (κ2) is 5.08. The zero-order chi connectivity index (χ0) is 15.5. The van der Waals surface area contributed by atoms with Crippen LogP contribution >= 0.6 is 0 Å². The van der Waals surface area contributed by atoms with E-state index in [1.165, 1.54) is 64.2 Å². The Morgan fingerprint density at radius 3 is 2.41 bits per heavy atom. The Morgan fingerprint density at radius 1 is 0.864 bits per heavy atom. The van der Waals surface area contributed by atoms with Crippen molar-refractivity contribution in [2.45, 2.75) is 85.0 Å². The van der Waals surface area contributed by atoms with Crippen LogP contribution < -0.4 is 0 Å². The van der Waals surface area contributed by atoms with Crippen molar-refractivity contribution in [3.05, 3.63) is 0 Å². The van der Waals surface area contributed by atoms with E-state index < -0.39 is 0 Å². The Labute approximate surface area is 138 Å². The van der Waals surface area contributed by atoms with E-state index in [0.29, 0.717) is 22.5 Å². The highest BCUT2D eigenvalue weighted by molar-refractivity contribution is 5.79. The molecule has 1 nitrogen and oxygen atoms in total. The number of ketones is 1. The molecule has 4 rings (SSSR count). The van der Waals surface area contributed by atoms with Crippen LogP contribution in [-0.4, -0.2) is 5.78 Å². The van der Waals surface area contributed by atoms with Crippen LogP contribution in [0.15, 0.2) is 0 Å². The Bertz CT molecular complexity index is 474. The minimum Gasteiger partial charge on any atom is -0.300 e. The molecule has 0 radical (unpaired) electrons. The maximum absolute atomic E-state index is 12.2. The third-order valence-corrected chi connectivity index (χ3v) is 9.07. The maximum Gasteiger partial charge on any atom is 0.133 e. The van der Waals surface area contributed by atoms with Gasteiger partial charge < -0.3 is 0 Å². The van der Waals surface area contributed by atoms with Gasteiger partial charge in [-0.25, -0.2) is 0 Å². The second-order valence-corrected chi connectivity index (χ2v) is 9.69. The highest BCUT2D eigenvalue weighted by Gasteiger charge is 2.60. The average molecular weight is 305 g/mol. The van der Waals surface area contributed by atoms with Crippen molar-refractivity contribution in [3.8, 4) is 0 Å². The first-order chi connectivity index (χ1) is 10.5. The van der Waals surface area contributed by atoms with E-state index in [9.17, 15) is 4.79 Å². The molecule has 1 heteroatoms. The first-order valence-corrected chi connectivity index (χ1v) is 9.97. The fourth-order valence-corrected chi connectivity index (χ4v) is 7.96. The molecule has 7 unspecified atom stereocenters. The SMILES string of the molecule is CC(=O)C1CCC2C3CCC4CCCCC4(C)C3CCC12C.[HH]. The van der Waals surface area contributed by atoms with Gasteiger partial charge in [-0.2, -0.15) is 0 Å².